The Kier molecular flexibility index (Phi) is 1.99. The predicted molar refractivity (Wildman–Crippen MR) is 84.2 cm³/mol. The number of benzene rings is 3. The Morgan fingerprint density at radius 1 is 0.800 bits per heavy atom. The van der Waals surface area contributed by atoms with Gasteiger partial charge in [-0.25, -0.2) is 0 Å². The number of hydrogen-bond donors (Lipinski definition) is 0. The standard InChI is InChI=1S/C20H16/c1-2-6-15-12-19-17-10-4-8-13-7-3-9-16(20(13)17)18(19)11-14(15)5-1/h1-3,5-7,9,11-12,17H,4,8,10H2. The second kappa shape index (κ2) is 3.73. The monoisotopic (exact) mass is 256 g/mol. The fourth-order valence-electron chi connectivity index (χ4n) is 4.21. The number of hydrogen-bond acceptors (Lipinski definition) is 0. The smallest absolute Gasteiger partial charge is 0.0105 e. The van der Waals surface area contributed by atoms with Gasteiger partial charge in [0.15, 0.2) is 0 Å². The molecule has 2 aliphatic carbocycles. The van der Waals surface area contributed by atoms with Crippen molar-refractivity contribution in [3.8, 4) is 11.1 Å². The van der Waals surface area contributed by atoms with E-state index in [1.54, 1.807) is 16.7 Å². The van der Waals surface area contributed by atoms with E-state index in [-0.39, 0.29) is 0 Å². The van der Waals surface area contributed by atoms with Crippen molar-refractivity contribution in [3.05, 3.63) is 71.3 Å². The van der Waals surface area contributed by atoms with Gasteiger partial charge in [-0.15, -0.1) is 0 Å². The highest BCUT2D eigenvalue weighted by atomic mass is 14.4. The van der Waals surface area contributed by atoms with Crippen LogP contribution in [0, 0.1) is 0 Å². The highest BCUT2D eigenvalue weighted by Crippen LogP contribution is 2.51. The summed E-state index contributed by atoms with van der Waals surface area (Å²) in [5, 5.41) is 2.74. The van der Waals surface area contributed by atoms with Crippen LogP contribution in [0.5, 0.6) is 0 Å². The summed E-state index contributed by atoms with van der Waals surface area (Å²) in [5.74, 6) is 0.648. The minimum absolute atomic E-state index is 0.648. The van der Waals surface area contributed by atoms with Gasteiger partial charge in [0.25, 0.3) is 0 Å². The van der Waals surface area contributed by atoms with Gasteiger partial charge < -0.3 is 0 Å². The minimum atomic E-state index is 0.648. The van der Waals surface area contributed by atoms with Gasteiger partial charge in [-0.3, -0.25) is 0 Å². The third kappa shape index (κ3) is 1.27. The summed E-state index contributed by atoms with van der Waals surface area (Å²) in [6.07, 6.45) is 3.90. The quantitative estimate of drug-likeness (QED) is 0.512. The van der Waals surface area contributed by atoms with Crippen molar-refractivity contribution in [2.75, 3.05) is 0 Å². The third-order valence-corrected chi connectivity index (χ3v) is 5.07. The predicted octanol–water partition coefficient (Wildman–Crippen LogP) is 5.29. The normalized spacial score (nSPS) is 18.9. The van der Waals surface area contributed by atoms with Gasteiger partial charge in [-0.1, -0.05) is 42.5 Å². The zero-order valence-electron chi connectivity index (χ0n) is 11.4. The summed E-state index contributed by atoms with van der Waals surface area (Å²) in [5.41, 5.74) is 7.74. The zero-order valence-corrected chi connectivity index (χ0v) is 11.4. The highest BCUT2D eigenvalue weighted by molar-refractivity contribution is 5.93. The summed E-state index contributed by atoms with van der Waals surface area (Å²) in [4.78, 5) is 0. The highest BCUT2D eigenvalue weighted by Gasteiger charge is 2.32. The molecule has 0 heteroatoms. The van der Waals surface area contributed by atoms with Gasteiger partial charge in [0.1, 0.15) is 0 Å². The molecule has 0 saturated carbocycles. The van der Waals surface area contributed by atoms with Crippen LogP contribution in [0.2, 0.25) is 0 Å². The summed E-state index contributed by atoms with van der Waals surface area (Å²) in [6.45, 7) is 0. The molecular formula is C20H16. The van der Waals surface area contributed by atoms with E-state index < -0.39 is 0 Å². The fourth-order valence-corrected chi connectivity index (χ4v) is 4.21. The van der Waals surface area contributed by atoms with Crippen molar-refractivity contribution in [2.24, 2.45) is 0 Å². The van der Waals surface area contributed by atoms with Gasteiger partial charge in [0.05, 0.1) is 0 Å². The second-order valence-corrected chi connectivity index (χ2v) is 6.11. The molecule has 0 aromatic heterocycles. The molecule has 96 valence electrons. The first-order valence-corrected chi connectivity index (χ1v) is 7.57. The third-order valence-electron chi connectivity index (χ3n) is 5.07. The van der Waals surface area contributed by atoms with E-state index in [1.807, 2.05) is 0 Å². The molecule has 5 rings (SSSR count). The van der Waals surface area contributed by atoms with Crippen LogP contribution < -0.4 is 0 Å². The number of rotatable bonds is 0. The molecule has 0 heterocycles. The molecule has 0 nitrogen and oxygen atoms in total. The number of aryl methyl sites for hydroxylation is 1. The lowest BCUT2D eigenvalue weighted by molar-refractivity contribution is 0.627. The maximum atomic E-state index is 2.43. The molecule has 0 saturated heterocycles. The van der Waals surface area contributed by atoms with E-state index in [0.717, 1.165) is 0 Å². The lowest BCUT2D eigenvalue weighted by Crippen LogP contribution is -2.07. The van der Waals surface area contributed by atoms with Gasteiger partial charge in [0.2, 0.25) is 0 Å². The Morgan fingerprint density at radius 3 is 2.55 bits per heavy atom. The van der Waals surface area contributed by atoms with E-state index in [0.29, 0.717) is 5.92 Å². The van der Waals surface area contributed by atoms with Gasteiger partial charge in [0, 0.05) is 5.92 Å². The van der Waals surface area contributed by atoms with Crippen LogP contribution in [0.4, 0.5) is 0 Å². The molecule has 0 aliphatic heterocycles. The van der Waals surface area contributed by atoms with Gasteiger partial charge in [-0.05, 0) is 70.0 Å². The van der Waals surface area contributed by atoms with Gasteiger partial charge in [-0.2, -0.15) is 0 Å². The van der Waals surface area contributed by atoms with Crippen LogP contribution in [-0.2, 0) is 6.42 Å². The van der Waals surface area contributed by atoms with Crippen LogP contribution in [0.15, 0.2) is 54.6 Å². The lowest BCUT2D eigenvalue weighted by atomic mass is 9.82. The van der Waals surface area contributed by atoms with E-state index in [1.165, 1.54) is 41.2 Å². The Morgan fingerprint density at radius 2 is 1.65 bits per heavy atom. The molecule has 0 amide bonds. The van der Waals surface area contributed by atoms with E-state index in [2.05, 4.69) is 54.6 Å². The summed E-state index contributed by atoms with van der Waals surface area (Å²) >= 11 is 0. The molecule has 0 fully saturated rings. The largest absolute Gasteiger partial charge is 0.0616 e. The van der Waals surface area contributed by atoms with Crippen molar-refractivity contribution in [1.29, 1.82) is 0 Å². The molecule has 1 atom stereocenters. The first-order chi connectivity index (χ1) is 9.92. The van der Waals surface area contributed by atoms with Crippen molar-refractivity contribution in [1.82, 2.24) is 0 Å². The van der Waals surface area contributed by atoms with Crippen molar-refractivity contribution in [3.63, 3.8) is 0 Å². The fraction of sp³-hybridized carbons (Fsp3) is 0.200. The molecular weight excluding hydrogens is 240 g/mol. The van der Waals surface area contributed by atoms with E-state index >= 15 is 0 Å². The van der Waals surface area contributed by atoms with E-state index in [4.69, 9.17) is 0 Å². The molecule has 3 aromatic carbocycles. The first-order valence-electron chi connectivity index (χ1n) is 7.57. The Balaban J connectivity index is 1.90. The Bertz CT molecular complexity index is 842. The average molecular weight is 256 g/mol. The van der Waals surface area contributed by atoms with E-state index in [9.17, 15) is 0 Å². The van der Waals surface area contributed by atoms with Crippen molar-refractivity contribution < 1.29 is 0 Å². The van der Waals surface area contributed by atoms with Crippen molar-refractivity contribution in [2.45, 2.75) is 25.2 Å². The van der Waals surface area contributed by atoms with Crippen LogP contribution in [0.25, 0.3) is 21.9 Å². The first kappa shape index (κ1) is 10.7. The zero-order chi connectivity index (χ0) is 13.1. The Labute approximate surface area is 119 Å². The SMILES string of the molecule is c1cc2c3c(c1)-c1cc4ccccc4cc1C3CCC2. The maximum Gasteiger partial charge on any atom is 0.0105 e. The van der Waals surface area contributed by atoms with Crippen LogP contribution in [0.1, 0.15) is 35.4 Å². The molecule has 0 radical (unpaired) electrons. The molecule has 0 bridgehead atoms. The molecule has 0 N–H and O–H groups in total. The van der Waals surface area contributed by atoms with Gasteiger partial charge >= 0.3 is 0 Å². The molecule has 2 aliphatic rings. The van der Waals surface area contributed by atoms with Crippen LogP contribution >= 0.6 is 0 Å². The number of fused-ring (bicyclic) bond motifs is 4. The summed E-state index contributed by atoms with van der Waals surface area (Å²) in [7, 11) is 0. The molecule has 0 spiro atoms. The van der Waals surface area contributed by atoms with Crippen LogP contribution in [0.3, 0.4) is 0 Å². The maximum absolute atomic E-state index is 2.43. The topological polar surface area (TPSA) is 0 Å². The minimum Gasteiger partial charge on any atom is -0.0616 e. The molecule has 20 heavy (non-hydrogen) atoms. The second-order valence-electron chi connectivity index (χ2n) is 6.11. The summed E-state index contributed by atoms with van der Waals surface area (Å²) in [6, 6.07) is 20.5. The lowest BCUT2D eigenvalue weighted by Gasteiger charge is -2.22. The average Bonchev–Trinajstić information content (AvgIpc) is 2.82. The van der Waals surface area contributed by atoms with Crippen molar-refractivity contribution >= 4 is 10.8 Å². The molecule has 3 aromatic rings. The summed E-state index contributed by atoms with van der Waals surface area (Å²) < 4.78 is 0. The Hall–Kier alpha value is -2.08. The molecule has 1 unspecified atom stereocenters. The van der Waals surface area contributed by atoms with Crippen LogP contribution in [-0.4, -0.2) is 0 Å².